The number of allylic oxidation sites excluding steroid dienone is 1. The van der Waals surface area contributed by atoms with Crippen LogP contribution in [0.4, 0.5) is 23.2 Å². The summed E-state index contributed by atoms with van der Waals surface area (Å²) in [5, 5.41) is 15.9. The van der Waals surface area contributed by atoms with Gasteiger partial charge in [-0.25, -0.2) is 14.2 Å². The predicted molar refractivity (Wildman–Crippen MR) is 167 cm³/mol. The minimum atomic E-state index is -4.80. The molecule has 47 heavy (non-hydrogen) atoms. The monoisotopic (exact) mass is 674 g/mol. The SMILES string of the molecule is Cc1ccc2nc(O[C@@H]3C[C@H]4C(=O)N[C@]5(C(=O)O)C[C@H]5C=CCCCCC[C@H](Nc5cc(F)cc(C(F)(F)F)c5)C(=O)N4C3)sc2c1. The highest BCUT2D eigenvalue weighted by molar-refractivity contribution is 7.20. The van der Waals surface area contributed by atoms with Crippen LogP contribution in [0.2, 0.25) is 0 Å². The van der Waals surface area contributed by atoms with Crippen LogP contribution in [0.25, 0.3) is 10.2 Å². The Morgan fingerprint density at radius 3 is 2.74 bits per heavy atom. The quantitative estimate of drug-likeness (QED) is 0.222. The molecule has 3 aromatic rings. The number of hydrogen-bond acceptors (Lipinski definition) is 7. The van der Waals surface area contributed by atoms with Gasteiger partial charge < -0.3 is 25.4 Å². The molecule has 3 aliphatic rings. The van der Waals surface area contributed by atoms with E-state index in [1.54, 1.807) is 6.08 Å². The molecule has 250 valence electrons. The number of benzene rings is 2. The number of amides is 2. The van der Waals surface area contributed by atoms with Gasteiger partial charge in [-0.1, -0.05) is 42.4 Å². The van der Waals surface area contributed by atoms with Crippen molar-refractivity contribution in [3.8, 4) is 5.19 Å². The van der Waals surface area contributed by atoms with Gasteiger partial charge in [0.05, 0.1) is 22.3 Å². The number of alkyl halides is 3. The van der Waals surface area contributed by atoms with Crippen LogP contribution in [0, 0.1) is 18.7 Å². The summed E-state index contributed by atoms with van der Waals surface area (Å²) in [5.74, 6) is -3.94. The Bertz CT molecular complexity index is 1730. The summed E-state index contributed by atoms with van der Waals surface area (Å²) in [6, 6.07) is 5.54. The van der Waals surface area contributed by atoms with Crippen molar-refractivity contribution < 1.29 is 41.8 Å². The third-order valence-electron chi connectivity index (χ3n) is 8.98. The predicted octanol–water partition coefficient (Wildman–Crippen LogP) is 6.07. The van der Waals surface area contributed by atoms with Crippen molar-refractivity contribution in [1.29, 1.82) is 0 Å². The van der Waals surface area contributed by atoms with Gasteiger partial charge in [0.15, 0.2) is 0 Å². The Hall–Kier alpha value is -4.20. The number of fused-ring (bicyclic) bond motifs is 3. The zero-order valence-electron chi connectivity index (χ0n) is 25.5. The van der Waals surface area contributed by atoms with Gasteiger partial charge in [-0.3, -0.25) is 9.59 Å². The molecule has 0 unspecified atom stereocenters. The smallest absolute Gasteiger partial charge is 0.416 e. The number of anilines is 1. The summed E-state index contributed by atoms with van der Waals surface area (Å²) in [6.07, 6.45) is 1.26. The fourth-order valence-electron chi connectivity index (χ4n) is 6.39. The van der Waals surface area contributed by atoms with E-state index in [2.05, 4.69) is 15.6 Å². The molecule has 2 aromatic carbocycles. The van der Waals surface area contributed by atoms with Crippen LogP contribution in [-0.2, 0) is 20.6 Å². The molecule has 5 atom stereocenters. The third kappa shape index (κ3) is 7.07. The molecule has 0 bridgehead atoms. The molecule has 6 rings (SSSR count). The molecule has 1 saturated carbocycles. The number of thiazole rings is 1. The van der Waals surface area contributed by atoms with Crippen LogP contribution in [0.1, 0.15) is 56.1 Å². The molecular weight excluding hydrogens is 640 g/mol. The van der Waals surface area contributed by atoms with E-state index in [-0.39, 0.29) is 31.5 Å². The van der Waals surface area contributed by atoms with Gasteiger partial charge in [0.1, 0.15) is 29.5 Å². The van der Waals surface area contributed by atoms with E-state index < -0.39 is 65.0 Å². The van der Waals surface area contributed by atoms with E-state index in [1.165, 1.54) is 16.2 Å². The second kappa shape index (κ2) is 12.8. The molecule has 3 heterocycles. The Morgan fingerprint density at radius 2 is 1.98 bits per heavy atom. The van der Waals surface area contributed by atoms with E-state index in [0.717, 1.165) is 34.3 Å². The Morgan fingerprint density at radius 1 is 1.17 bits per heavy atom. The van der Waals surface area contributed by atoms with Crippen LogP contribution >= 0.6 is 11.3 Å². The molecule has 14 heteroatoms. The first-order chi connectivity index (χ1) is 22.3. The number of nitrogens with one attached hydrogen (secondary N) is 2. The van der Waals surface area contributed by atoms with Gasteiger partial charge in [-0.2, -0.15) is 13.2 Å². The maximum Gasteiger partial charge on any atom is 0.416 e. The Kier molecular flexibility index (Phi) is 8.90. The second-order valence-electron chi connectivity index (χ2n) is 12.5. The number of carbonyl (C=O) groups excluding carboxylic acids is 2. The summed E-state index contributed by atoms with van der Waals surface area (Å²) in [7, 11) is 0. The number of carbonyl (C=O) groups is 3. The van der Waals surface area contributed by atoms with E-state index >= 15 is 0 Å². The Balaban J connectivity index is 1.31. The first-order valence-electron chi connectivity index (χ1n) is 15.5. The summed E-state index contributed by atoms with van der Waals surface area (Å²) >= 11 is 1.32. The fraction of sp³-hybridized carbons (Fsp3) is 0.455. The lowest BCUT2D eigenvalue weighted by atomic mass is 10.0. The summed E-state index contributed by atoms with van der Waals surface area (Å²) in [6.45, 7) is 1.90. The number of ether oxygens (including phenoxy) is 1. The minimum absolute atomic E-state index is 0.0354. The van der Waals surface area contributed by atoms with Crippen LogP contribution < -0.4 is 15.4 Å². The lowest BCUT2D eigenvalue weighted by molar-refractivity contribution is -0.145. The number of hydrogen-bond donors (Lipinski definition) is 3. The van der Waals surface area contributed by atoms with Gasteiger partial charge in [-0.15, -0.1) is 0 Å². The number of nitrogens with zero attached hydrogens (tertiary/aromatic N) is 2. The maximum atomic E-state index is 14.3. The zero-order chi connectivity index (χ0) is 33.5. The van der Waals surface area contributed by atoms with Gasteiger partial charge >= 0.3 is 12.1 Å². The van der Waals surface area contributed by atoms with Crippen LogP contribution in [0.15, 0.2) is 48.6 Å². The van der Waals surface area contributed by atoms with Crippen molar-refractivity contribution in [1.82, 2.24) is 15.2 Å². The first kappa shape index (κ1) is 32.7. The first-order valence-corrected chi connectivity index (χ1v) is 16.3. The number of aliphatic carboxylic acids is 1. The third-order valence-corrected chi connectivity index (χ3v) is 9.89. The lowest BCUT2D eigenvalue weighted by Gasteiger charge is -2.30. The molecule has 1 aromatic heterocycles. The number of rotatable bonds is 5. The Labute approximate surface area is 272 Å². The molecule has 1 saturated heterocycles. The van der Waals surface area contributed by atoms with Crippen molar-refractivity contribution in [2.45, 2.75) is 81.8 Å². The number of carboxylic acids is 1. The number of aromatic nitrogens is 1. The maximum absolute atomic E-state index is 14.3. The summed E-state index contributed by atoms with van der Waals surface area (Å²) in [4.78, 5) is 46.2. The standard InChI is InChI=1S/C33H34F4N4O5S/c1-18-9-10-24-27(11-18)47-31(39-24)46-23-15-26-28(42)40-32(30(44)45)16-19(32)7-5-3-2-4-6-8-25(29(43)41(26)17-23)38-22-13-20(33(35,36)37)12-21(34)14-22/h5,7,9-14,19,23,25-26,38H,2-4,6,8,15-17H2,1H3,(H,40,42)(H,44,45)/t19-,23-,25+,26+,32-/m1/s1. The highest BCUT2D eigenvalue weighted by Gasteiger charge is 2.61. The molecule has 0 radical (unpaired) electrons. The second-order valence-corrected chi connectivity index (χ2v) is 13.5. The van der Waals surface area contributed by atoms with Gasteiger partial charge in [0, 0.05) is 18.0 Å². The number of aryl methyl sites for hydroxylation is 1. The average Bonchev–Trinajstić information content (AvgIpc) is 3.32. The highest BCUT2D eigenvalue weighted by atomic mass is 32.1. The molecule has 2 amide bonds. The van der Waals surface area contributed by atoms with E-state index in [1.807, 2.05) is 31.2 Å². The molecule has 0 spiro atoms. The summed E-state index contributed by atoms with van der Waals surface area (Å²) < 4.78 is 61.8. The largest absolute Gasteiger partial charge is 0.479 e. The number of carboxylic acid groups (broad SMARTS) is 1. The topological polar surface area (TPSA) is 121 Å². The van der Waals surface area contributed by atoms with Gasteiger partial charge in [0.25, 0.3) is 5.19 Å². The van der Waals surface area contributed by atoms with Crippen molar-refractivity contribution >= 4 is 45.0 Å². The van der Waals surface area contributed by atoms with E-state index in [0.29, 0.717) is 30.5 Å². The van der Waals surface area contributed by atoms with Crippen molar-refractivity contribution in [2.75, 3.05) is 11.9 Å². The van der Waals surface area contributed by atoms with Crippen molar-refractivity contribution in [3.63, 3.8) is 0 Å². The van der Waals surface area contributed by atoms with Crippen molar-refractivity contribution in [3.05, 3.63) is 65.5 Å². The minimum Gasteiger partial charge on any atom is -0.479 e. The molecule has 3 N–H and O–H groups in total. The van der Waals surface area contributed by atoms with Gasteiger partial charge in [-0.05, 0) is 68.5 Å². The lowest BCUT2D eigenvalue weighted by Crippen LogP contribution is -2.55. The van der Waals surface area contributed by atoms with E-state index in [9.17, 15) is 37.1 Å². The van der Waals surface area contributed by atoms with Crippen LogP contribution in [-0.4, -0.2) is 63.0 Å². The normalized spacial score (nSPS) is 27.0. The molecular formula is C33H34F4N4O5S. The fourth-order valence-corrected chi connectivity index (χ4v) is 7.37. The average molecular weight is 675 g/mol. The van der Waals surface area contributed by atoms with E-state index in [4.69, 9.17) is 4.74 Å². The summed E-state index contributed by atoms with van der Waals surface area (Å²) in [5.41, 5.74) is -1.15. The highest BCUT2D eigenvalue weighted by Crippen LogP contribution is 2.45. The molecule has 9 nitrogen and oxygen atoms in total. The molecule has 2 fully saturated rings. The molecule has 1 aliphatic carbocycles. The van der Waals surface area contributed by atoms with Crippen LogP contribution in [0.3, 0.4) is 0 Å². The van der Waals surface area contributed by atoms with Gasteiger partial charge in [0.2, 0.25) is 11.8 Å². The van der Waals surface area contributed by atoms with Crippen molar-refractivity contribution in [2.24, 2.45) is 5.92 Å². The zero-order valence-corrected chi connectivity index (χ0v) is 26.3. The number of halogens is 4. The molecule has 2 aliphatic heterocycles. The van der Waals surface area contributed by atoms with Crippen LogP contribution in [0.5, 0.6) is 5.19 Å².